The normalized spacial score (nSPS) is 9.57. The van der Waals surface area contributed by atoms with E-state index in [1.165, 1.54) is 7.11 Å². The molecule has 1 rings (SSSR count). The van der Waals surface area contributed by atoms with Crippen LogP contribution in [0.5, 0.6) is 5.75 Å². The molecule has 0 bridgehead atoms. The summed E-state index contributed by atoms with van der Waals surface area (Å²) < 4.78 is 9.99. The Morgan fingerprint density at radius 1 is 1.43 bits per heavy atom. The van der Waals surface area contributed by atoms with Crippen LogP contribution in [0.4, 0.5) is 0 Å². The first-order chi connectivity index (χ1) is 6.72. The second kappa shape index (κ2) is 4.85. The molecule has 1 aromatic carbocycles. The van der Waals surface area contributed by atoms with Gasteiger partial charge in [-0.15, -0.1) is 0 Å². The molecule has 74 valence electrons. The minimum Gasteiger partial charge on any atom is -0.495 e. The molecule has 0 radical (unpaired) electrons. The predicted octanol–water partition coefficient (Wildman–Crippen LogP) is 2.37. The third-order valence-corrected chi connectivity index (χ3v) is 2.09. The Bertz CT molecular complexity index is 371. The maximum atomic E-state index is 8.83. The summed E-state index contributed by atoms with van der Waals surface area (Å²) in [7, 11) is 3.10. The second-order valence-corrected chi connectivity index (χ2v) is 3.10. The van der Waals surface area contributed by atoms with Crippen molar-refractivity contribution in [1.29, 1.82) is 5.26 Å². The highest BCUT2D eigenvalue weighted by atomic mass is 35.5. The summed E-state index contributed by atoms with van der Waals surface area (Å²) >= 11 is 5.86. The number of benzene rings is 1. The van der Waals surface area contributed by atoms with Gasteiger partial charge >= 0.3 is 0 Å². The number of rotatable bonds is 3. The van der Waals surface area contributed by atoms with E-state index in [-0.39, 0.29) is 0 Å². The Hall–Kier alpha value is -1.24. The molecule has 1 aromatic rings. The van der Waals surface area contributed by atoms with E-state index in [0.29, 0.717) is 22.9 Å². The molecule has 0 amide bonds. The molecule has 0 heterocycles. The minimum absolute atomic E-state index is 0.371. The van der Waals surface area contributed by atoms with Crippen LogP contribution in [-0.4, -0.2) is 14.2 Å². The van der Waals surface area contributed by atoms with E-state index < -0.39 is 0 Å². The Morgan fingerprint density at radius 2 is 2.14 bits per heavy atom. The zero-order valence-corrected chi connectivity index (χ0v) is 8.76. The van der Waals surface area contributed by atoms with E-state index in [9.17, 15) is 0 Å². The smallest absolute Gasteiger partial charge is 0.137 e. The van der Waals surface area contributed by atoms with Crippen LogP contribution in [0.1, 0.15) is 11.1 Å². The largest absolute Gasteiger partial charge is 0.495 e. The summed E-state index contributed by atoms with van der Waals surface area (Å²) in [4.78, 5) is 0. The van der Waals surface area contributed by atoms with Gasteiger partial charge in [0, 0.05) is 7.11 Å². The number of hydrogen-bond acceptors (Lipinski definition) is 3. The molecule has 0 unspecified atom stereocenters. The first kappa shape index (κ1) is 10.8. The van der Waals surface area contributed by atoms with Gasteiger partial charge in [-0.05, 0) is 17.7 Å². The van der Waals surface area contributed by atoms with E-state index in [4.69, 9.17) is 26.3 Å². The van der Waals surface area contributed by atoms with Crippen molar-refractivity contribution < 1.29 is 9.47 Å². The van der Waals surface area contributed by atoms with Crippen molar-refractivity contribution in [3.8, 4) is 11.8 Å². The topological polar surface area (TPSA) is 42.2 Å². The summed E-state index contributed by atoms with van der Waals surface area (Å²) in [5.41, 5.74) is 1.29. The maximum absolute atomic E-state index is 8.83. The monoisotopic (exact) mass is 211 g/mol. The van der Waals surface area contributed by atoms with E-state index in [1.54, 1.807) is 19.2 Å². The van der Waals surface area contributed by atoms with Gasteiger partial charge in [0.15, 0.2) is 0 Å². The molecule has 0 aliphatic rings. The molecule has 0 fully saturated rings. The zero-order valence-electron chi connectivity index (χ0n) is 8.00. The van der Waals surface area contributed by atoms with Crippen LogP contribution < -0.4 is 4.74 Å². The van der Waals surface area contributed by atoms with Crippen LogP contribution in [0, 0.1) is 11.3 Å². The van der Waals surface area contributed by atoms with Gasteiger partial charge in [0.25, 0.3) is 0 Å². The van der Waals surface area contributed by atoms with Gasteiger partial charge in [0.2, 0.25) is 0 Å². The maximum Gasteiger partial charge on any atom is 0.137 e. The lowest BCUT2D eigenvalue weighted by atomic mass is 10.1. The van der Waals surface area contributed by atoms with Crippen LogP contribution in [0.2, 0.25) is 5.02 Å². The zero-order chi connectivity index (χ0) is 10.6. The van der Waals surface area contributed by atoms with Gasteiger partial charge in [0.1, 0.15) is 5.75 Å². The Kier molecular flexibility index (Phi) is 3.75. The van der Waals surface area contributed by atoms with Crippen molar-refractivity contribution in [3.05, 3.63) is 28.3 Å². The number of hydrogen-bond donors (Lipinski definition) is 0. The van der Waals surface area contributed by atoms with Gasteiger partial charge in [-0.2, -0.15) is 5.26 Å². The molecule has 0 saturated carbocycles. The molecule has 14 heavy (non-hydrogen) atoms. The van der Waals surface area contributed by atoms with Crippen molar-refractivity contribution >= 4 is 11.6 Å². The second-order valence-electron chi connectivity index (χ2n) is 2.69. The van der Waals surface area contributed by atoms with Crippen LogP contribution >= 0.6 is 11.6 Å². The summed E-state index contributed by atoms with van der Waals surface area (Å²) in [6.45, 7) is 0.371. The van der Waals surface area contributed by atoms with Crippen molar-refractivity contribution in [1.82, 2.24) is 0 Å². The molecular weight excluding hydrogens is 202 g/mol. The molecule has 0 N–H and O–H groups in total. The van der Waals surface area contributed by atoms with E-state index >= 15 is 0 Å². The lowest BCUT2D eigenvalue weighted by Gasteiger charge is -2.07. The number of nitrogens with zero attached hydrogens (tertiary/aromatic N) is 1. The molecule has 0 aliphatic heterocycles. The fourth-order valence-corrected chi connectivity index (χ4v) is 1.37. The SMILES string of the molecule is COCc1cc(OC)c(Cl)cc1C#N. The van der Waals surface area contributed by atoms with Crippen molar-refractivity contribution in [2.75, 3.05) is 14.2 Å². The van der Waals surface area contributed by atoms with Crippen molar-refractivity contribution in [2.24, 2.45) is 0 Å². The number of nitriles is 1. The summed E-state index contributed by atoms with van der Waals surface area (Å²) in [6, 6.07) is 5.34. The Balaban J connectivity index is 3.19. The van der Waals surface area contributed by atoms with E-state index in [0.717, 1.165) is 5.56 Å². The molecule has 0 spiro atoms. The van der Waals surface area contributed by atoms with Gasteiger partial charge < -0.3 is 9.47 Å². The summed E-state index contributed by atoms with van der Waals surface area (Å²) in [6.07, 6.45) is 0. The standard InChI is InChI=1S/C10H10ClNO2/c1-13-6-8-4-10(14-2)9(11)3-7(8)5-12/h3-4H,6H2,1-2H3. The lowest BCUT2D eigenvalue weighted by Crippen LogP contribution is -1.95. The van der Waals surface area contributed by atoms with Crippen LogP contribution in [0.3, 0.4) is 0 Å². The Morgan fingerprint density at radius 3 is 2.64 bits per heavy atom. The molecule has 0 aromatic heterocycles. The molecule has 0 atom stereocenters. The summed E-state index contributed by atoms with van der Waals surface area (Å²) in [5.74, 6) is 0.553. The van der Waals surface area contributed by atoms with Crippen molar-refractivity contribution in [3.63, 3.8) is 0 Å². The van der Waals surface area contributed by atoms with E-state index in [2.05, 4.69) is 6.07 Å². The molecule has 0 saturated heterocycles. The molecular formula is C10H10ClNO2. The molecule has 3 nitrogen and oxygen atoms in total. The number of ether oxygens (including phenoxy) is 2. The van der Waals surface area contributed by atoms with Gasteiger partial charge in [-0.25, -0.2) is 0 Å². The van der Waals surface area contributed by atoms with Gasteiger partial charge in [-0.1, -0.05) is 11.6 Å². The average Bonchev–Trinajstić information content (AvgIpc) is 2.20. The molecule has 0 aliphatic carbocycles. The number of halogens is 1. The fourth-order valence-electron chi connectivity index (χ4n) is 1.13. The first-order valence-electron chi connectivity index (χ1n) is 3.98. The fraction of sp³-hybridized carbons (Fsp3) is 0.300. The quantitative estimate of drug-likeness (QED) is 0.771. The highest BCUT2D eigenvalue weighted by molar-refractivity contribution is 6.32. The van der Waals surface area contributed by atoms with Crippen LogP contribution in [0.15, 0.2) is 12.1 Å². The highest BCUT2D eigenvalue weighted by Crippen LogP contribution is 2.28. The van der Waals surface area contributed by atoms with Crippen LogP contribution in [0.25, 0.3) is 0 Å². The lowest BCUT2D eigenvalue weighted by molar-refractivity contribution is 0.184. The highest BCUT2D eigenvalue weighted by Gasteiger charge is 2.08. The Labute approximate surface area is 87.8 Å². The van der Waals surface area contributed by atoms with E-state index in [1.807, 2.05) is 0 Å². The summed E-state index contributed by atoms with van der Waals surface area (Å²) in [5, 5.41) is 9.26. The minimum atomic E-state index is 0.371. The van der Waals surface area contributed by atoms with Gasteiger partial charge in [-0.3, -0.25) is 0 Å². The third kappa shape index (κ3) is 2.16. The molecule has 4 heteroatoms. The number of methoxy groups -OCH3 is 2. The van der Waals surface area contributed by atoms with Crippen LogP contribution in [-0.2, 0) is 11.3 Å². The first-order valence-corrected chi connectivity index (χ1v) is 4.36. The predicted molar refractivity (Wildman–Crippen MR) is 53.4 cm³/mol. The average molecular weight is 212 g/mol. The van der Waals surface area contributed by atoms with Crippen molar-refractivity contribution in [2.45, 2.75) is 6.61 Å². The van der Waals surface area contributed by atoms with Gasteiger partial charge in [0.05, 0.1) is 30.4 Å². The third-order valence-electron chi connectivity index (χ3n) is 1.80.